The lowest BCUT2D eigenvalue weighted by atomic mass is 10.2. The van der Waals surface area contributed by atoms with Crippen molar-refractivity contribution in [2.75, 3.05) is 0 Å². The van der Waals surface area contributed by atoms with Gasteiger partial charge in [0.25, 0.3) is 0 Å². The smallest absolute Gasteiger partial charge is 0.160 e. The summed E-state index contributed by atoms with van der Waals surface area (Å²) in [7, 11) is 1.92. The Kier molecular flexibility index (Phi) is 3.22. The minimum atomic E-state index is 0.370. The Balaban J connectivity index is 2.12. The highest BCUT2D eigenvalue weighted by Gasteiger charge is 2.13. The van der Waals surface area contributed by atoms with Gasteiger partial charge in [-0.3, -0.25) is 4.68 Å². The number of nitrogens with zero attached hydrogens (tertiary/aromatic N) is 5. The summed E-state index contributed by atoms with van der Waals surface area (Å²) in [5.74, 6) is 1.21. The molecule has 0 atom stereocenters. The predicted octanol–water partition coefficient (Wildman–Crippen LogP) is 2.57. The van der Waals surface area contributed by atoms with Gasteiger partial charge in [-0.1, -0.05) is 0 Å². The van der Waals surface area contributed by atoms with Crippen LogP contribution in [-0.2, 0) is 19.5 Å². The molecule has 3 aromatic rings. The first-order valence-electron chi connectivity index (χ1n) is 6.45. The van der Waals surface area contributed by atoms with Crippen molar-refractivity contribution >= 4 is 22.8 Å². The first-order chi connectivity index (χ1) is 9.58. The highest BCUT2D eigenvalue weighted by molar-refractivity contribution is 6.16. The molecular weight excluding hydrogens is 274 g/mol. The molecule has 0 saturated carbocycles. The fraction of sp³-hybridized carbons (Fsp3) is 0.357. The van der Waals surface area contributed by atoms with E-state index in [-0.39, 0.29) is 0 Å². The van der Waals surface area contributed by atoms with Gasteiger partial charge in [-0.2, -0.15) is 5.10 Å². The third-order valence-electron chi connectivity index (χ3n) is 3.36. The Morgan fingerprint density at radius 2 is 2.10 bits per heavy atom. The average molecular weight is 290 g/mol. The molecule has 0 aromatic carbocycles. The highest BCUT2D eigenvalue weighted by atomic mass is 35.5. The summed E-state index contributed by atoms with van der Waals surface area (Å²) < 4.78 is 3.88. The van der Waals surface area contributed by atoms with E-state index < -0.39 is 0 Å². The number of pyridine rings is 1. The van der Waals surface area contributed by atoms with Crippen molar-refractivity contribution < 1.29 is 0 Å². The van der Waals surface area contributed by atoms with E-state index in [4.69, 9.17) is 11.6 Å². The van der Waals surface area contributed by atoms with Crippen molar-refractivity contribution in [2.45, 2.75) is 26.3 Å². The fourth-order valence-electron chi connectivity index (χ4n) is 2.40. The summed E-state index contributed by atoms with van der Waals surface area (Å²) in [5.41, 5.74) is 5.03. The summed E-state index contributed by atoms with van der Waals surface area (Å²) in [6, 6.07) is 2.03. The van der Waals surface area contributed by atoms with E-state index in [9.17, 15) is 0 Å². The first-order valence-corrected chi connectivity index (χ1v) is 6.99. The normalized spacial score (nSPS) is 11.4. The van der Waals surface area contributed by atoms with E-state index in [1.54, 1.807) is 0 Å². The van der Waals surface area contributed by atoms with Crippen LogP contribution in [0.2, 0.25) is 0 Å². The van der Waals surface area contributed by atoms with Gasteiger partial charge in [0.05, 0.1) is 18.1 Å². The Labute approximate surface area is 122 Å². The third kappa shape index (κ3) is 2.18. The fourth-order valence-corrected chi connectivity index (χ4v) is 2.60. The topological polar surface area (TPSA) is 48.5 Å². The summed E-state index contributed by atoms with van der Waals surface area (Å²) in [6.45, 7) is 4.71. The second-order valence-corrected chi connectivity index (χ2v) is 5.28. The lowest BCUT2D eigenvalue weighted by molar-refractivity contribution is 0.753. The van der Waals surface area contributed by atoms with Crippen molar-refractivity contribution in [1.29, 1.82) is 0 Å². The molecule has 5 nitrogen and oxygen atoms in total. The van der Waals surface area contributed by atoms with E-state index in [0.29, 0.717) is 12.4 Å². The molecule has 0 aliphatic heterocycles. The molecule has 0 unspecified atom stereocenters. The van der Waals surface area contributed by atoms with Gasteiger partial charge in [-0.05, 0) is 25.5 Å². The van der Waals surface area contributed by atoms with Gasteiger partial charge < -0.3 is 4.57 Å². The van der Waals surface area contributed by atoms with Crippen molar-refractivity contribution in [1.82, 2.24) is 24.3 Å². The van der Waals surface area contributed by atoms with Crippen molar-refractivity contribution in [2.24, 2.45) is 7.05 Å². The van der Waals surface area contributed by atoms with Crippen LogP contribution in [0.15, 0.2) is 18.5 Å². The van der Waals surface area contributed by atoms with E-state index in [1.807, 2.05) is 44.0 Å². The number of aryl methyl sites for hydroxylation is 3. The highest BCUT2D eigenvalue weighted by Crippen LogP contribution is 2.19. The summed E-state index contributed by atoms with van der Waals surface area (Å²) in [4.78, 5) is 9.06. The van der Waals surface area contributed by atoms with Gasteiger partial charge in [0.15, 0.2) is 5.65 Å². The SMILES string of the molecule is Cc1cnc2c(c1)nc(CCl)n2Cc1cn(C)nc1C. The Hall–Kier alpha value is -1.88. The molecule has 6 heteroatoms. The van der Waals surface area contributed by atoms with E-state index in [1.165, 1.54) is 0 Å². The molecule has 0 aliphatic rings. The number of aromatic nitrogens is 5. The molecule has 0 saturated heterocycles. The minimum Gasteiger partial charge on any atom is -0.307 e. The molecule has 0 bridgehead atoms. The Bertz CT molecular complexity index is 771. The van der Waals surface area contributed by atoms with Crippen LogP contribution in [0.3, 0.4) is 0 Å². The maximum absolute atomic E-state index is 6.02. The van der Waals surface area contributed by atoms with Crippen molar-refractivity contribution in [3.8, 4) is 0 Å². The first kappa shape index (κ1) is 13.1. The van der Waals surface area contributed by atoms with Gasteiger partial charge in [-0.15, -0.1) is 11.6 Å². The standard InChI is InChI=1S/C14H16ClN5/c1-9-4-12-14(16-6-9)20(13(5-15)17-12)8-11-7-19(3)18-10(11)2/h4,6-7H,5,8H2,1-3H3. The van der Waals surface area contributed by atoms with Crippen molar-refractivity contribution in [3.63, 3.8) is 0 Å². The number of rotatable bonds is 3. The van der Waals surface area contributed by atoms with Crippen LogP contribution in [0.4, 0.5) is 0 Å². The molecule has 0 amide bonds. The monoisotopic (exact) mass is 289 g/mol. The number of hydrogen-bond donors (Lipinski definition) is 0. The zero-order chi connectivity index (χ0) is 14.3. The van der Waals surface area contributed by atoms with Gasteiger partial charge in [0.2, 0.25) is 0 Å². The lowest BCUT2D eigenvalue weighted by Crippen LogP contribution is -2.05. The second kappa shape index (κ2) is 4.90. The minimum absolute atomic E-state index is 0.370. The van der Waals surface area contributed by atoms with E-state index in [0.717, 1.165) is 33.8 Å². The largest absolute Gasteiger partial charge is 0.307 e. The number of alkyl halides is 1. The Morgan fingerprint density at radius 1 is 1.30 bits per heavy atom. The van der Waals surface area contributed by atoms with E-state index in [2.05, 4.69) is 19.6 Å². The zero-order valence-electron chi connectivity index (χ0n) is 11.8. The molecule has 0 fully saturated rings. The average Bonchev–Trinajstić information content (AvgIpc) is 2.90. The summed E-state index contributed by atoms with van der Waals surface area (Å²) in [5, 5.41) is 4.37. The lowest BCUT2D eigenvalue weighted by Gasteiger charge is -2.06. The van der Waals surface area contributed by atoms with Crippen LogP contribution in [0.5, 0.6) is 0 Å². The number of halogens is 1. The number of imidazole rings is 1. The van der Waals surface area contributed by atoms with Crippen molar-refractivity contribution in [3.05, 3.63) is 41.1 Å². The molecule has 0 N–H and O–H groups in total. The summed E-state index contributed by atoms with van der Waals surface area (Å²) >= 11 is 6.02. The molecule has 0 radical (unpaired) electrons. The quantitative estimate of drug-likeness (QED) is 0.696. The molecule has 3 aromatic heterocycles. The zero-order valence-corrected chi connectivity index (χ0v) is 12.5. The van der Waals surface area contributed by atoms with Crippen LogP contribution >= 0.6 is 11.6 Å². The van der Waals surface area contributed by atoms with Gasteiger partial charge in [-0.25, -0.2) is 9.97 Å². The van der Waals surface area contributed by atoms with Crippen LogP contribution in [0.25, 0.3) is 11.2 Å². The maximum Gasteiger partial charge on any atom is 0.160 e. The van der Waals surface area contributed by atoms with Gasteiger partial charge in [0, 0.05) is 25.0 Å². The van der Waals surface area contributed by atoms with Crippen LogP contribution in [0, 0.1) is 13.8 Å². The predicted molar refractivity (Wildman–Crippen MR) is 78.9 cm³/mol. The Morgan fingerprint density at radius 3 is 2.75 bits per heavy atom. The van der Waals surface area contributed by atoms with Crippen LogP contribution in [0.1, 0.15) is 22.6 Å². The molecule has 0 aliphatic carbocycles. The molecular formula is C14H16ClN5. The molecule has 3 heterocycles. The number of hydrogen-bond acceptors (Lipinski definition) is 3. The van der Waals surface area contributed by atoms with Crippen LogP contribution < -0.4 is 0 Å². The molecule has 3 rings (SSSR count). The third-order valence-corrected chi connectivity index (χ3v) is 3.60. The van der Waals surface area contributed by atoms with Gasteiger partial charge in [0.1, 0.15) is 11.3 Å². The second-order valence-electron chi connectivity index (χ2n) is 5.02. The van der Waals surface area contributed by atoms with Crippen LogP contribution in [-0.4, -0.2) is 24.3 Å². The maximum atomic E-state index is 6.02. The molecule has 104 valence electrons. The molecule has 0 spiro atoms. The van der Waals surface area contributed by atoms with Gasteiger partial charge >= 0.3 is 0 Å². The summed E-state index contributed by atoms with van der Waals surface area (Å²) in [6.07, 6.45) is 3.88. The number of fused-ring (bicyclic) bond motifs is 1. The molecule has 20 heavy (non-hydrogen) atoms. The van der Waals surface area contributed by atoms with E-state index >= 15 is 0 Å².